The maximum Gasteiger partial charge on any atom is 0.330 e. The number of benzene rings is 1. The minimum Gasteiger partial charge on any atom is -0.503 e. The molecule has 0 radical (unpaired) electrons. The van der Waals surface area contributed by atoms with Gasteiger partial charge in [0.05, 0.1) is 11.6 Å². The smallest absolute Gasteiger partial charge is 0.330 e. The van der Waals surface area contributed by atoms with E-state index < -0.39 is 23.4 Å². The van der Waals surface area contributed by atoms with Crippen molar-refractivity contribution >= 4 is 35.1 Å². The van der Waals surface area contributed by atoms with Crippen LogP contribution in [0, 0.1) is 11.6 Å². The number of phenolic OH excluding ortho intramolecular Hbond substituents is 1. The summed E-state index contributed by atoms with van der Waals surface area (Å²) in [5.41, 5.74) is 0.184. The summed E-state index contributed by atoms with van der Waals surface area (Å²) in [7, 11) is 0. The molecule has 0 unspecified atom stereocenters. The molecule has 0 saturated carbocycles. The van der Waals surface area contributed by atoms with E-state index in [0.29, 0.717) is 36.0 Å². The van der Waals surface area contributed by atoms with Gasteiger partial charge in [0.1, 0.15) is 11.5 Å². The molecule has 2 heterocycles. The van der Waals surface area contributed by atoms with E-state index in [-0.39, 0.29) is 23.8 Å². The molecular weight excluding hydrogens is 490 g/mol. The Kier molecular flexibility index (Phi) is 9.30. The molecule has 11 heteroatoms. The number of carbonyl (C=O) groups excluding carboxylic acids is 1. The summed E-state index contributed by atoms with van der Waals surface area (Å²) in [6, 6.07) is 1.24. The Balaban J connectivity index is 1.67. The van der Waals surface area contributed by atoms with Crippen molar-refractivity contribution in [2.45, 2.75) is 72.5 Å². The first-order chi connectivity index (χ1) is 17.1. The average Bonchev–Trinajstić information content (AvgIpc) is 2.82. The predicted octanol–water partition coefficient (Wildman–Crippen LogP) is 5.78. The third kappa shape index (κ3) is 5.98. The highest BCUT2D eigenvalue weighted by Gasteiger charge is 2.36. The Morgan fingerprint density at radius 3 is 2.53 bits per heavy atom. The third-order valence-electron chi connectivity index (χ3n) is 6.30. The van der Waals surface area contributed by atoms with E-state index >= 15 is 0 Å². The van der Waals surface area contributed by atoms with Crippen molar-refractivity contribution in [1.29, 1.82) is 0 Å². The van der Waals surface area contributed by atoms with Crippen molar-refractivity contribution in [3.05, 3.63) is 34.5 Å². The number of nitrogens with one attached hydrogen (secondary N) is 1. The zero-order valence-corrected chi connectivity index (χ0v) is 22.2. The molecule has 0 spiro atoms. The fourth-order valence-electron chi connectivity index (χ4n) is 4.49. The zero-order valence-electron chi connectivity index (χ0n) is 21.5. The number of rotatable bonds is 11. The highest BCUT2D eigenvalue weighted by molar-refractivity contribution is 6.34. The van der Waals surface area contributed by atoms with Crippen LogP contribution in [0.2, 0.25) is 5.02 Å². The number of phenols is 1. The summed E-state index contributed by atoms with van der Waals surface area (Å²) in [5, 5.41) is 12.6. The molecule has 2 aromatic rings. The largest absolute Gasteiger partial charge is 0.503 e. The van der Waals surface area contributed by atoms with Crippen molar-refractivity contribution in [3.8, 4) is 5.75 Å². The first-order valence-electron chi connectivity index (χ1n) is 12.4. The first-order valence-corrected chi connectivity index (χ1v) is 12.8. The van der Waals surface area contributed by atoms with Crippen LogP contribution in [0.5, 0.6) is 5.75 Å². The van der Waals surface area contributed by atoms with E-state index in [1.54, 1.807) is 13.1 Å². The molecule has 36 heavy (non-hydrogen) atoms. The second kappa shape index (κ2) is 12.0. The quantitative estimate of drug-likeness (QED) is 0.362. The minimum absolute atomic E-state index is 0.0745. The van der Waals surface area contributed by atoms with Gasteiger partial charge in [0.2, 0.25) is 5.95 Å². The van der Waals surface area contributed by atoms with Crippen molar-refractivity contribution in [1.82, 2.24) is 14.9 Å². The summed E-state index contributed by atoms with van der Waals surface area (Å²) in [6.45, 7) is 12.6. The number of hydrogen-bond donors (Lipinski definition) is 2. The van der Waals surface area contributed by atoms with Crippen molar-refractivity contribution in [3.63, 3.8) is 0 Å². The highest BCUT2D eigenvalue weighted by Crippen LogP contribution is 2.40. The van der Waals surface area contributed by atoms with Crippen molar-refractivity contribution in [2.75, 3.05) is 34.8 Å². The van der Waals surface area contributed by atoms with Gasteiger partial charge in [0.15, 0.2) is 17.4 Å². The topological polar surface area (TPSA) is 84.8 Å². The summed E-state index contributed by atoms with van der Waals surface area (Å²) in [6.07, 6.45) is 4.71. The first kappa shape index (κ1) is 27.9. The lowest BCUT2D eigenvalue weighted by molar-refractivity contribution is 0.171. The van der Waals surface area contributed by atoms with Crippen LogP contribution >= 0.6 is 11.6 Å². The normalized spacial score (nSPS) is 13.8. The number of unbranched alkanes of at least 4 members (excludes halogenated alkanes) is 2. The Bertz CT molecular complexity index is 1080. The second-order valence-corrected chi connectivity index (χ2v) is 9.83. The van der Waals surface area contributed by atoms with E-state index in [9.17, 15) is 18.7 Å². The van der Waals surface area contributed by atoms with Crippen LogP contribution in [0.3, 0.4) is 0 Å². The summed E-state index contributed by atoms with van der Waals surface area (Å²) >= 11 is 6.04. The molecule has 3 rings (SSSR count). The second-order valence-electron chi connectivity index (χ2n) is 9.42. The summed E-state index contributed by atoms with van der Waals surface area (Å²) in [4.78, 5) is 27.0. The molecule has 2 N–H and O–H groups in total. The van der Waals surface area contributed by atoms with Gasteiger partial charge in [0, 0.05) is 36.9 Å². The molecule has 1 aliphatic rings. The van der Waals surface area contributed by atoms with Gasteiger partial charge in [-0.1, -0.05) is 18.0 Å². The van der Waals surface area contributed by atoms with E-state index in [2.05, 4.69) is 47.9 Å². The van der Waals surface area contributed by atoms with Gasteiger partial charge < -0.3 is 10.4 Å². The fraction of sp³-hybridized carbons (Fsp3) is 0.560. The monoisotopic (exact) mass is 524 g/mol. The molecule has 2 amide bonds. The molecule has 0 aliphatic carbocycles. The van der Waals surface area contributed by atoms with Crippen LogP contribution in [-0.4, -0.2) is 57.7 Å². The number of halogens is 3. The lowest BCUT2D eigenvalue weighted by Crippen LogP contribution is -2.48. The lowest BCUT2D eigenvalue weighted by Gasteiger charge is -2.36. The van der Waals surface area contributed by atoms with Crippen LogP contribution in [0.1, 0.15) is 59.4 Å². The highest BCUT2D eigenvalue weighted by atomic mass is 35.5. The number of amides is 2. The molecule has 198 valence electrons. The number of nitrogens with zero attached hydrogens (tertiary/aromatic N) is 5. The SMILES string of the molecule is CCN1C(=O)N(c2c(Cl)cc(F)c(O)c2F)Cc2cnc(NCCCCCN(C(C)C)C(C)C)nc21. The predicted molar refractivity (Wildman–Crippen MR) is 139 cm³/mol. The van der Waals surface area contributed by atoms with Gasteiger partial charge in [0.25, 0.3) is 0 Å². The summed E-state index contributed by atoms with van der Waals surface area (Å²) < 4.78 is 28.3. The molecule has 0 bridgehead atoms. The fourth-order valence-corrected chi connectivity index (χ4v) is 4.77. The molecule has 1 aromatic heterocycles. The Morgan fingerprint density at radius 1 is 1.19 bits per heavy atom. The van der Waals surface area contributed by atoms with E-state index in [0.717, 1.165) is 36.8 Å². The zero-order chi connectivity index (χ0) is 26.6. The number of aromatic nitrogens is 2. The molecule has 0 atom stereocenters. The van der Waals surface area contributed by atoms with Crippen LogP contribution in [-0.2, 0) is 6.54 Å². The number of aromatic hydroxyl groups is 1. The number of fused-ring (bicyclic) bond motifs is 1. The summed E-state index contributed by atoms with van der Waals surface area (Å²) in [5.74, 6) is -2.86. The molecule has 1 aromatic carbocycles. The van der Waals surface area contributed by atoms with Crippen LogP contribution in [0.15, 0.2) is 12.3 Å². The minimum atomic E-state index is -1.29. The maximum absolute atomic E-state index is 14.7. The lowest BCUT2D eigenvalue weighted by atomic mass is 10.1. The number of carbonyl (C=O) groups is 1. The van der Waals surface area contributed by atoms with Crippen molar-refractivity contribution < 1.29 is 18.7 Å². The van der Waals surface area contributed by atoms with E-state index in [1.807, 2.05) is 0 Å². The van der Waals surface area contributed by atoms with Crippen molar-refractivity contribution in [2.24, 2.45) is 0 Å². The van der Waals surface area contributed by atoms with Gasteiger partial charge in [-0.05, 0) is 60.1 Å². The molecule has 0 saturated heterocycles. The Hall–Kier alpha value is -2.72. The van der Waals surface area contributed by atoms with E-state index in [1.165, 1.54) is 4.90 Å². The standard InChI is InChI=1S/C25H35ClF2N6O2/c1-6-32-23-17(14-34(25(32)36)21-18(26)12-19(27)22(35)20(21)28)13-30-24(31-23)29-10-8-7-9-11-33(15(2)3)16(4)5/h12-13,15-16,35H,6-11,14H2,1-5H3,(H,29,30,31). The molecular formula is C25H35ClF2N6O2. The van der Waals surface area contributed by atoms with Crippen LogP contribution in [0.4, 0.5) is 31.0 Å². The number of hydrogen-bond acceptors (Lipinski definition) is 6. The van der Waals surface area contributed by atoms with Gasteiger partial charge in [-0.3, -0.25) is 14.7 Å². The Morgan fingerprint density at radius 2 is 1.89 bits per heavy atom. The Labute approximate surface area is 216 Å². The molecule has 1 aliphatic heterocycles. The van der Waals surface area contributed by atoms with Gasteiger partial charge in [-0.25, -0.2) is 18.6 Å². The van der Waals surface area contributed by atoms with E-state index in [4.69, 9.17) is 11.6 Å². The third-order valence-corrected chi connectivity index (χ3v) is 6.59. The maximum atomic E-state index is 14.7. The van der Waals surface area contributed by atoms with Crippen LogP contribution < -0.4 is 15.1 Å². The van der Waals surface area contributed by atoms with Gasteiger partial charge in [-0.15, -0.1) is 0 Å². The molecule has 0 fully saturated rings. The average molecular weight is 525 g/mol. The van der Waals surface area contributed by atoms with Gasteiger partial charge >= 0.3 is 6.03 Å². The molecule has 8 nitrogen and oxygen atoms in total. The van der Waals surface area contributed by atoms with Crippen LogP contribution in [0.25, 0.3) is 0 Å². The van der Waals surface area contributed by atoms with Gasteiger partial charge in [-0.2, -0.15) is 4.98 Å². The number of anilines is 3. The number of urea groups is 1.